The third kappa shape index (κ3) is 4.81. The molecule has 2 aliphatic rings. The van der Waals surface area contributed by atoms with Gasteiger partial charge in [0.2, 0.25) is 0 Å². The number of likely N-dealkylation sites (tertiary alicyclic amines) is 2. The lowest BCUT2D eigenvalue weighted by molar-refractivity contribution is 0.0917. The zero-order valence-electron chi connectivity index (χ0n) is 15.1. The molecule has 0 bridgehead atoms. The van der Waals surface area contributed by atoms with Crippen molar-refractivity contribution in [3.05, 3.63) is 35.4 Å². The standard InChI is InChI=1S/C20H31N3O/c1-16-4-3-11-23(14-16)15-17-5-7-18(8-6-17)20(24)21-19-9-12-22(2)13-10-19/h5-8,16,19H,3-4,9-15H2,1-2H3,(H,21,24)/t16-/m0/s1. The summed E-state index contributed by atoms with van der Waals surface area (Å²) in [5, 5.41) is 3.19. The highest BCUT2D eigenvalue weighted by molar-refractivity contribution is 5.94. The maximum absolute atomic E-state index is 12.4. The van der Waals surface area contributed by atoms with E-state index in [4.69, 9.17) is 0 Å². The van der Waals surface area contributed by atoms with Crippen molar-refractivity contribution in [2.45, 2.75) is 45.2 Å². The van der Waals surface area contributed by atoms with Crippen molar-refractivity contribution in [3.8, 4) is 0 Å². The van der Waals surface area contributed by atoms with Crippen LogP contribution in [0.15, 0.2) is 24.3 Å². The fraction of sp³-hybridized carbons (Fsp3) is 0.650. The summed E-state index contributed by atoms with van der Waals surface area (Å²) in [6, 6.07) is 8.51. The molecule has 0 aliphatic carbocycles. The van der Waals surface area contributed by atoms with Crippen LogP contribution >= 0.6 is 0 Å². The van der Waals surface area contributed by atoms with Gasteiger partial charge in [-0.3, -0.25) is 9.69 Å². The van der Waals surface area contributed by atoms with Crippen LogP contribution < -0.4 is 5.32 Å². The molecule has 0 radical (unpaired) electrons. The lowest BCUT2D eigenvalue weighted by Gasteiger charge is -2.31. The summed E-state index contributed by atoms with van der Waals surface area (Å²) in [5.74, 6) is 0.876. The summed E-state index contributed by atoms with van der Waals surface area (Å²) < 4.78 is 0. The third-order valence-electron chi connectivity index (χ3n) is 5.42. The van der Waals surface area contributed by atoms with Crippen LogP contribution in [0.1, 0.15) is 48.5 Å². The topological polar surface area (TPSA) is 35.6 Å². The van der Waals surface area contributed by atoms with Crippen LogP contribution in [0.3, 0.4) is 0 Å². The van der Waals surface area contributed by atoms with Crippen LogP contribution in [0.4, 0.5) is 0 Å². The maximum atomic E-state index is 12.4. The van der Waals surface area contributed by atoms with Gasteiger partial charge in [0.15, 0.2) is 0 Å². The molecule has 1 aromatic rings. The number of hydrogen-bond donors (Lipinski definition) is 1. The first kappa shape index (κ1) is 17.4. The molecular formula is C20H31N3O. The van der Waals surface area contributed by atoms with E-state index in [9.17, 15) is 4.79 Å². The highest BCUT2D eigenvalue weighted by Crippen LogP contribution is 2.18. The molecule has 1 amide bonds. The molecule has 0 unspecified atom stereocenters. The summed E-state index contributed by atoms with van der Waals surface area (Å²) >= 11 is 0. The molecule has 0 spiro atoms. The molecule has 4 nitrogen and oxygen atoms in total. The molecule has 132 valence electrons. The smallest absolute Gasteiger partial charge is 0.251 e. The minimum absolute atomic E-state index is 0.0719. The normalized spacial score (nSPS) is 24.0. The molecule has 4 heteroatoms. The van der Waals surface area contributed by atoms with Crippen LogP contribution in [-0.4, -0.2) is 55.0 Å². The van der Waals surface area contributed by atoms with Crippen LogP contribution in [0, 0.1) is 5.92 Å². The van der Waals surface area contributed by atoms with E-state index in [2.05, 4.69) is 41.2 Å². The molecule has 0 aromatic heterocycles. The minimum Gasteiger partial charge on any atom is -0.349 e. The van der Waals surface area contributed by atoms with Crippen LogP contribution in [0.5, 0.6) is 0 Å². The van der Waals surface area contributed by atoms with Crippen LogP contribution in [0.25, 0.3) is 0 Å². The van der Waals surface area contributed by atoms with Crippen molar-refractivity contribution in [1.82, 2.24) is 15.1 Å². The third-order valence-corrected chi connectivity index (χ3v) is 5.42. The van der Waals surface area contributed by atoms with Crippen molar-refractivity contribution in [2.75, 3.05) is 33.2 Å². The number of carbonyl (C=O) groups excluding carboxylic acids is 1. The van der Waals surface area contributed by atoms with Gasteiger partial charge < -0.3 is 10.2 Å². The lowest BCUT2D eigenvalue weighted by Crippen LogP contribution is -2.43. The Kier molecular flexibility index (Phi) is 5.90. The minimum atomic E-state index is 0.0719. The van der Waals surface area contributed by atoms with Gasteiger partial charge in [0, 0.05) is 24.7 Å². The van der Waals surface area contributed by atoms with E-state index in [1.165, 1.54) is 31.5 Å². The average Bonchev–Trinajstić information content (AvgIpc) is 2.57. The summed E-state index contributed by atoms with van der Waals surface area (Å²) in [5.41, 5.74) is 2.09. The highest BCUT2D eigenvalue weighted by atomic mass is 16.1. The zero-order valence-corrected chi connectivity index (χ0v) is 15.1. The molecular weight excluding hydrogens is 298 g/mol. The number of piperidine rings is 2. The first-order valence-electron chi connectivity index (χ1n) is 9.41. The van der Waals surface area contributed by atoms with Crippen molar-refractivity contribution < 1.29 is 4.79 Å². The Morgan fingerprint density at radius 1 is 1.12 bits per heavy atom. The van der Waals surface area contributed by atoms with E-state index in [0.717, 1.165) is 44.0 Å². The number of nitrogens with zero attached hydrogens (tertiary/aromatic N) is 2. The number of rotatable bonds is 4. The van der Waals surface area contributed by atoms with Gasteiger partial charge in [-0.2, -0.15) is 0 Å². The van der Waals surface area contributed by atoms with Crippen molar-refractivity contribution in [2.24, 2.45) is 5.92 Å². The summed E-state index contributed by atoms with van der Waals surface area (Å²) in [4.78, 5) is 17.3. The average molecular weight is 329 g/mol. The molecule has 1 aromatic carbocycles. The number of nitrogens with one attached hydrogen (secondary N) is 1. The summed E-state index contributed by atoms with van der Waals surface area (Å²) in [6.45, 7) is 7.86. The molecule has 1 atom stereocenters. The SMILES string of the molecule is C[C@H]1CCCN(Cc2ccc(C(=O)NC3CCN(C)CC3)cc2)C1. The Bertz CT molecular complexity index is 534. The van der Waals surface area contributed by atoms with E-state index in [1.54, 1.807) is 0 Å². The fourth-order valence-electron chi connectivity index (χ4n) is 3.87. The first-order chi connectivity index (χ1) is 11.6. The van der Waals surface area contributed by atoms with Crippen molar-refractivity contribution >= 4 is 5.91 Å². The fourth-order valence-corrected chi connectivity index (χ4v) is 3.87. The molecule has 2 aliphatic heterocycles. The number of amides is 1. The monoisotopic (exact) mass is 329 g/mol. The predicted molar refractivity (Wildman–Crippen MR) is 98.1 cm³/mol. The van der Waals surface area contributed by atoms with Gasteiger partial charge in [0.05, 0.1) is 0 Å². The Morgan fingerprint density at radius 2 is 1.83 bits per heavy atom. The Balaban J connectivity index is 1.51. The highest BCUT2D eigenvalue weighted by Gasteiger charge is 2.19. The second-order valence-corrected chi connectivity index (χ2v) is 7.73. The van der Waals surface area contributed by atoms with E-state index >= 15 is 0 Å². The first-order valence-corrected chi connectivity index (χ1v) is 9.41. The second-order valence-electron chi connectivity index (χ2n) is 7.73. The van der Waals surface area contributed by atoms with Gasteiger partial charge in [-0.15, -0.1) is 0 Å². The molecule has 2 fully saturated rings. The Labute approximate surface area is 146 Å². The molecule has 2 saturated heterocycles. The van der Waals surface area contributed by atoms with E-state index < -0.39 is 0 Å². The van der Waals surface area contributed by atoms with Crippen molar-refractivity contribution in [3.63, 3.8) is 0 Å². The largest absolute Gasteiger partial charge is 0.349 e. The molecule has 3 rings (SSSR count). The summed E-state index contributed by atoms with van der Waals surface area (Å²) in [6.07, 6.45) is 4.76. The quantitative estimate of drug-likeness (QED) is 0.922. The van der Waals surface area contributed by atoms with Gasteiger partial charge in [-0.1, -0.05) is 19.1 Å². The maximum Gasteiger partial charge on any atom is 0.251 e. The molecule has 24 heavy (non-hydrogen) atoms. The van der Waals surface area contributed by atoms with Gasteiger partial charge in [0.25, 0.3) is 5.91 Å². The van der Waals surface area contributed by atoms with E-state index in [-0.39, 0.29) is 5.91 Å². The second kappa shape index (κ2) is 8.13. The van der Waals surface area contributed by atoms with Gasteiger partial charge in [-0.25, -0.2) is 0 Å². The number of carbonyl (C=O) groups is 1. The molecule has 0 saturated carbocycles. The Morgan fingerprint density at radius 3 is 2.50 bits per heavy atom. The van der Waals surface area contributed by atoms with Crippen molar-refractivity contribution in [1.29, 1.82) is 0 Å². The predicted octanol–water partition coefficient (Wildman–Crippen LogP) is 2.74. The Hall–Kier alpha value is -1.39. The van der Waals surface area contributed by atoms with E-state index in [0.29, 0.717) is 6.04 Å². The number of benzene rings is 1. The molecule has 1 N–H and O–H groups in total. The summed E-state index contributed by atoms with van der Waals surface area (Å²) in [7, 11) is 2.14. The van der Waals surface area contributed by atoms with Gasteiger partial charge in [-0.05, 0) is 76.0 Å². The number of hydrogen-bond acceptors (Lipinski definition) is 3. The van der Waals surface area contributed by atoms with Crippen LogP contribution in [-0.2, 0) is 6.54 Å². The van der Waals surface area contributed by atoms with Crippen LogP contribution in [0.2, 0.25) is 0 Å². The van der Waals surface area contributed by atoms with E-state index in [1.807, 2.05) is 12.1 Å². The van der Waals surface area contributed by atoms with Gasteiger partial charge >= 0.3 is 0 Å². The van der Waals surface area contributed by atoms with Gasteiger partial charge in [0.1, 0.15) is 0 Å². The lowest BCUT2D eigenvalue weighted by atomic mass is 9.99. The molecule has 2 heterocycles. The zero-order chi connectivity index (χ0) is 16.9.